The molecule has 2 amide bonds. The number of hydrogen-bond donors (Lipinski definition) is 1. The van der Waals surface area contributed by atoms with Crippen molar-refractivity contribution in [2.24, 2.45) is 0 Å². The van der Waals surface area contributed by atoms with Gasteiger partial charge in [-0.25, -0.2) is 0 Å². The van der Waals surface area contributed by atoms with Gasteiger partial charge >= 0.3 is 0 Å². The topological polar surface area (TPSA) is 61.9 Å². The van der Waals surface area contributed by atoms with Gasteiger partial charge in [-0.3, -0.25) is 9.59 Å². The van der Waals surface area contributed by atoms with Crippen LogP contribution in [-0.2, 0) is 14.3 Å². The number of nitrogens with one attached hydrogen (secondary N) is 1. The maximum atomic E-state index is 12.3. The Morgan fingerprint density at radius 2 is 1.74 bits per heavy atom. The Labute approximate surface area is 119 Å². The van der Waals surface area contributed by atoms with Crippen molar-refractivity contribution in [1.82, 2.24) is 15.1 Å². The molecule has 7 heteroatoms. The molecule has 0 unspecified atom stereocenters. The normalized spacial score (nSPS) is 27.7. The van der Waals surface area contributed by atoms with E-state index in [1.54, 1.807) is 11.8 Å². The van der Waals surface area contributed by atoms with Gasteiger partial charge in [0.2, 0.25) is 11.8 Å². The Morgan fingerprint density at radius 3 is 2.26 bits per heavy atom. The second kappa shape index (κ2) is 7.07. The summed E-state index contributed by atoms with van der Waals surface area (Å²) >= 11 is 0. The second-order valence-electron chi connectivity index (χ2n) is 4.84. The number of carbonyl (C=O) groups excluding carboxylic acids is 2. The minimum absolute atomic E-state index is 0. The van der Waals surface area contributed by atoms with E-state index < -0.39 is 0 Å². The number of piperazine rings is 1. The van der Waals surface area contributed by atoms with Crippen LogP contribution in [0.5, 0.6) is 0 Å². The molecule has 2 atom stereocenters. The van der Waals surface area contributed by atoms with Crippen LogP contribution < -0.4 is 5.32 Å². The number of halogens is 1. The van der Waals surface area contributed by atoms with Gasteiger partial charge in [-0.2, -0.15) is 0 Å². The van der Waals surface area contributed by atoms with Gasteiger partial charge in [0.25, 0.3) is 0 Å². The highest BCUT2D eigenvalue weighted by Crippen LogP contribution is 2.10. The van der Waals surface area contributed by atoms with Crippen LogP contribution in [0.4, 0.5) is 0 Å². The Morgan fingerprint density at radius 1 is 1.16 bits per heavy atom. The molecule has 6 nitrogen and oxygen atoms in total. The highest BCUT2D eigenvalue weighted by atomic mass is 35.5. The minimum atomic E-state index is -0.248. The third-order valence-electron chi connectivity index (χ3n) is 3.62. The Hall–Kier alpha value is -0.850. The fourth-order valence-corrected chi connectivity index (χ4v) is 2.45. The molecule has 19 heavy (non-hydrogen) atoms. The van der Waals surface area contributed by atoms with Crippen molar-refractivity contribution >= 4 is 24.2 Å². The molecule has 0 aromatic heterocycles. The first-order valence-corrected chi connectivity index (χ1v) is 6.49. The number of rotatable bonds is 1. The van der Waals surface area contributed by atoms with Crippen molar-refractivity contribution < 1.29 is 14.3 Å². The zero-order valence-corrected chi connectivity index (χ0v) is 12.2. The number of carbonyl (C=O) groups is 2. The van der Waals surface area contributed by atoms with E-state index in [0.717, 1.165) is 0 Å². The fourth-order valence-electron chi connectivity index (χ4n) is 2.45. The molecule has 110 valence electrons. The van der Waals surface area contributed by atoms with E-state index in [2.05, 4.69) is 5.32 Å². The molecule has 0 saturated carbocycles. The molecule has 2 fully saturated rings. The molecule has 2 rings (SSSR count). The van der Waals surface area contributed by atoms with E-state index in [0.29, 0.717) is 39.3 Å². The maximum absolute atomic E-state index is 12.3. The highest BCUT2D eigenvalue weighted by Gasteiger charge is 2.33. The summed E-state index contributed by atoms with van der Waals surface area (Å²) in [6.45, 7) is 7.34. The first-order valence-electron chi connectivity index (χ1n) is 6.49. The Kier molecular flexibility index (Phi) is 6.03. The molecule has 0 bridgehead atoms. The van der Waals surface area contributed by atoms with E-state index in [4.69, 9.17) is 4.74 Å². The van der Waals surface area contributed by atoms with E-state index in [1.807, 2.05) is 11.8 Å². The molecule has 2 aliphatic rings. The number of hydrogen-bond acceptors (Lipinski definition) is 4. The third-order valence-corrected chi connectivity index (χ3v) is 3.62. The van der Waals surface area contributed by atoms with E-state index in [1.165, 1.54) is 0 Å². The number of nitrogens with zero attached hydrogens (tertiary/aromatic N) is 2. The molecular weight excluding hydrogens is 270 g/mol. The predicted octanol–water partition coefficient (Wildman–Crippen LogP) is -0.524. The average Bonchev–Trinajstić information content (AvgIpc) is 2.38. The van der Waals surface area contributed by atoms with E-state index in [9.17, 15) is 9.59 Å². The lowest BCUT2D eigenvalue weighted by Gasteiger charge is -2.38. The van der Waals surface area contributed by atoms with Crippen LogP contribution >= 0.6 is 12.4 Å². The molecular formula is C12H22ClN3O3. The first-order chi connectivity index (χ1) is 8.59. The summed E-state index contributed by atoms with van der Waals surface area (Å²) in [7, 11) is 0. The lowest BCUT2D eigenvalue weighted by atomic mass is 10.1. The number of amides is 2. The largest absolute Gasteiger partial charge is 0.375 e. The van der Waals surface area contributed by atoms with Gasteiger partial charge in [-0.15, -0.1) is 12.4 Å². The summed E-state index contributed by atoms with van der Waals surface area (Å²) in [5.74, 6) is 0.167. The van der Waals surface area contributed by atoms with Gasteiger partial charge in [0, 0.05) is 39.6 Å². The molecule has 2 saturated heterocycles. The molecule has 0 radical (unpaired) electrons. The standard InChI is InChI=1S/C12H21N3O3.ClH/c1-9-11(13-3-8-18-9)12(17)15-6-4-14(5-7-15)10(2)16;/h9,11,13H,3-8H2,1-2H3;1H/t9-,11+;/m1./s1. The summed E-state index contributed by atoms with van der Waals surface area (Å²) in [5, 5.41) is 3.20. The zero-order valence-electron chi connectivity index (χ0n) is 11.4. The molecule has 2 heterocycles. The van der Waals surface area contributed by atoms with Gasteiger partial charge < -0.3 is 19.9 Å². The van der Waals surface area contributed by atoms with Crippen LogP contribution in [0.25, 0.3) is 0 Å². The quantitative estimate of drug-likeness (QED) is 0.706. The molecule has 2 aliphatic heterocycles. The van der Waals surface area contributed by atoms with Gasteiger partial charge in [-0.05, 0) is 6.92 Å². The third kappa shape index (κ3) is 3.81. The number of morpholine rings is 1. The molecule has 0 aromatic rings. The van der Waals surface area contributed by atoms with Gasteiger partial charge in [0.05, 0.1) is 12.7 Å². The lowest BCUT2D eigenvalue weighted by Crippen LogP contribution is -2.59. The van der Waals surface area contributed by atoms with Crippen LogP contribution in [0.15, 0.2) is 0 Å². The SMILES string of the molecule is CC(=O)N1CCN(C(=O)[C@H]2NCCO[C@@H]2C)CC1.Cl. The second-order valence-corrected chi connectivity index (χ2v) is 4.84. The van der Waals surface area contributed by atoms with Gasteiger partial charge in [-0.1, -0.05) is 0 Å². The summed E-state index contributed by atoms with van der Waals surface area (Å²) < 4.78 is 5.49. The summed E-state index contributed by atoms with van der Waals surface area (Å²) in [4.78, 5) is 27.1. The summed E-state index contributed by atoms with van der Waals surface area (Å²) in [5.41, 5.74) is 0. The van der Waals surface area contributed by atoms with Crippen LogP contribution in [-0.4, -0.2) is 73.1 Å². The van der Waals surface area contributed by atoms with Crippen molar-refractivity contribution in [2.45, 2.75) is 26.0 Å². The van der Waals surface area contributed by atoms with Crippen molar-refractivity contribution in [3.8, 4) is 0 Å². The zero-order chi connectivity index (χ0) is 13.1. The van der Waals surface area contributed by atoms with E-state index in [-0.39, 0.29) is 36.4 Å². The minimum Gasteiger partial charge on any atom is -0.375 e. The van der Waals surface area contributed by atoms with Crippen LogP contribution in [0, 0.1) is 0 Å². The van der Waals surface area contributed by atoms with Crippen LogP contribution in [0.1, 0.15) is 13.8 Å². The highest BCUT2D eigenvalue weighted by molar-refractivity contribution is 5.85. The van der Waals surface area contributed by atoms with Crippen molar-refractivity contribution in [1.29, 1.82) is 0 Å². The molecule has 0 aliphatic carbocycles. The first kappa shape index (κ1) is 16.2. The monoisotopic (exact) mass is 291 g/mol. The molecule has 0 aromatic carbocycles. The van der Waals surface area contributed by atoms with Crippen molar-refractivity contribution in [3.63, 3.8) is 0 Å². The van der Waals surface area contributed by atoms with Gasteiger partial charge in [0.1, 0.15) is 6.04 Å². The van der Waals surface area contributed by atoms with Gasteiger partial charge in [0.15, 0.2) is 0 Å². The summed E-state index contributed by atoms with van der Waals surface area (Å²) in [6, 6.07) is -0.248. The smallest absolute Gasteiger partial charge is 0.242 e. The molecule has 0 spiro atoms. The number of ether oxygens (including phenoxy) is 1. The van der Waals surface area contributed by atoms with Crippen LogP contribution in [0.3, 0.4) is 0 Å². The van der Waals surface area contributed by atoms with E-state index >= 15 is 0 Å². The Balaban J connectivity index is 0.00000180. The lowest BCUT2D eigenvalue weighted by molar-refractivity contribution is -0.144. The van der Waals surface area contributed by atoms with Crippen LogP contribution in [0.2, 0.25) is 0 Å². The predicted molar refractivity (Wildman–Crippen MR) is 73.3 cm³/mol. The van der Waals surface area contributed by atoms with Crippen molar-refractivity contribution in [3.05, 3.63) is 0 Å². The summed E-state index contributed by atoms with van der Waals surface area (Å²) in [6.07, 6.45) is -0.0860. The van der Waals surface area contributed by atoms with Crippen molar-refractivity contribution in [2.75, 3.05) is 39.3 Å². The Bertz CT molecular complexity index is 332. The fraction of sp³-hybridized carbons (Fsp3) is 0.833. The maximum Gasteiger partial charge on any atom is 0.242 e. The molecule has 1 N–H and O–H groups in total. The average molecular weight is 292 g/mol.